The van der Waals surface area contributed by atoms with Gasteiger partial charge in [0, 0.05) is 41.2 Å². The van der Waals surface area contributed by atoms with Crippen molar-refractivity contribution >= 4 is 28.4 Å². The fourth-order valence-corrected chi connectivity index (χ4v) is 4.53. The van der Waals surface area contributed by atoms with E-state index in [1.807, 2.05) is 50.4 Å². The van der Waals surface area contributed by atoms with Crippen molar-refractivity contribution in [1.29, 1.82) is 0 Å². The average Bonchev–Trinajstić information content (AvgIpc) is 3.43. The zero-order chi connectivity index (χ0) is 21.3. The van der Waals surface area contributed by atoms with Gasteiger partial charge in [-0.1, -0.05) is 30.0 Å². The topological polar surface area (TPSA) is 85.9 Å². The molecule has 4 aromatic rings. The number of aromatic amines is 1. The maximum atomic E-state index is 12.8. The molecule has 0 saturated carbocycles. The fourth-order valence-electron chi connectivity index (χ4n) is 3.88. The molecule has 0 amide bonds. The summed E-state index contributed by atoms with van der Waals surface area (Å²) in [4.78, 5) is 16.0. The molecule has 0 fully saturated rings. The monoisotopic (exact) mass is 424 g/mol. The predicted molar refractivity (Wildman–Crippen MR) is 117 cm³/mol. The van der Waals surface area contributed by atoms with Crippen LogP contribution < -0.4 is 0 Å². The molecular weight excluding hydrogens is 400 g/mol. The number of Topliss-reactive ketones (excluding diaryl/α,β-unsaturated/α-hetero) is 1. The number of aryl methyl sites for hydroxylation is 1. The van der Waals surface area contributed by atoms with Crippen molar-refractivity contribution in [1.82, 2.24) is 19.7 Å². The van der Waals surface area contributed by atoms with Gasteiger partial charge in [-0.25, -0.2) is 0 Å². The second-order valence-electron chi connectivity index (χ2n) is 7.29. The van der Waals surface area contributed by atoms with Crippen LogP contribution in [-0.4, -0.2) is 45.0 Å². The Balaban J connectivity index is 1.47. The van der Waals surface area contributed by atoms with Gasteiger partial charge in [-0.15, -0.1) is 10.2 Å². The van der Waals surface area contributed by atoms with Crippen molar-refractivity contribution in [3.8, 4) is 11.5 Å². The Morgan fingerprint density at radius 1 is 1.30 bits per heavy atom. The quantitative estimate of drug-likeness (QED) is 0.322. The summed E-state index contributed by atoms with van der Waals surface area (Å²) in [5, 5.41) is 9.65. The Morgan fingerprint density at radius 3 is 2.90 bits per heavy atom. The zero-order valence-corrected chi connectivity index (χ0v) is 18.2. The Hall–Kier alpha value is -2.84. The van der Waals surface area contributed by atoms with E-state index in [-0.39, 0.29) is 17.6 Å². The largest absolute Gasteiger partial charge is 0.411 e. The maximum Gasteiger partial charge on any atom is 0.277 e. The third-order valence-corrected chi connectivity index (χ3v) is 6.00. The van der Waals surface area contributed by atoms with Crippen molar-refractivity contribution in [3.63, 3.8) is 0 Å². The van der Waals surface area contributed by atoms with Crippen LogP contribution in [0.2, 0.25) is 0 Å². The lowest BCUT2D eigenvalue weighted by Crippen LogP contribution is -2.14. The fraction of sp³-hybridized carbons (Fsp3) is 0.318. The molecule has 0 unspecified atom stereocenters. The first kappa shape index (κ1) is 20.4. The summed E-state index contributed by atoms with van der Waals surface area (Å²) < 4.78 is 13.2. The molecule has 0 aliphatic heterocycles. The standard InChI is InChI=1S/C22H24N4O3S/c1-13-9-17(15(3)26(13)14(2)11-28-4)20(27)12-30-22-25-24-21(29-22)18-10-23-19-8-6-5-7-16(18)19/h5-10,14,23H,11-12H2,1-4H3/t14-/m0/s1. The number of para-hydroxylation sites is 1. The summed E-state index contributed by atoms with van der Waals surface area (Å²) >= 11 is 1.26. The van der Waals surface area contributed by atoms with Crippen LogP contribution in [0.3, 0.4) is 0 Å². The molecule has 1 N–H and O–H groups in total. The molecule has 0 aliphatic rings. The minimum atomic E-state index is 0.0378. The first-order chi connectivity index (χ1) is 14.5. The molecule has 0 spiro atoms. The maximum absolute atomic E-state index is 12.8. The number of nitrogens with zero attached hydrogens (tertiary/aromatic N) is 3. The highest BCUT2D eigenvalue weighted by atomic mass is 32.2. The summed E-state index contributed by atoms with van der Waals surface area (Å²) in [6.45, 7) is 6.65. The van der Waals surface area contributed by atoms with E-state index in [1.165, 1.54) is 11.8 Å². The number of H-pyrrole nitrogens is 1. The summed E-state index contributed by atoms with van der Waals surface area (Å²) in [6, 6.07) is 10.0. The Kier molecular flexibility index (Phi) is 5.78. The van der Waals surface area contributed by atoms with Gasteiger partial charge in [0.05, 0.1) is 24.0 Å². The molecule has 30 heavy (non-hydrogen) atoms. The summed E-state index contributed by atoms with van der Waals surface area (Å²) in [5.41, 5.74) is 4.58. The van der Waals surface area contributed by atoms with Crippen LogP contribution in [0.4, 0.5) is 0 Å². The third kappa shape index (κ3) is 3.80. The molecule has 7 nitrogen and oxygen atoms in total. The zero-order valence-electron chi connectivity index (χ0n) is 17.4. The van der Waals surface area contributed by atoms with Gasteiger partial charge in [-0.2, -0.15) is 0 Å². The van der Waals surface area contributed by atoms with E-state index in [0.29, 0.717) is 17.7 Å². The summed E-state index contributed by atoms with van der Waals surface area (Å²) in [5.74, 6) is 0.711. The lowest BCUT2D eigenvalue weighted by molar-refractivity contribution is 0.102. The first-order valence-corrected chi connectivity index (χ1v) is 10.7. The molecule has 4 rings (SSSR count). The van der Waals surface area contributed by atoms with Crippen molar-refractivity contribution in [3.05, 3.63) is 53.5 Å². The van der Waals surface area contributed by atoms with E-state index < -0.39 is 0 Å². The van der Waals surface area contributed by atoms with Gasteiger partial charge in [0.25, 0.3) is 11.1 Å². The number of ether oxygens (including phenoxy) is 1. The lowest BCUT2D eigenvalue weighted by Gasteiger charge is -2.17. The molecule has 3 heterocycles. The van der Waals surface area contributed by atoms with Crippen LogP contribution in [0, 0.1) is 13.8 Å². The van der Waals surface area contributed by atoms with Crippen LogP contribution in [-0.2, 0) is 4.74 Å². The normalized spacial score (nSPS) is 12.5. The van der Waals surface area contributed by atoms with E-state index in [9.17, 15) is 4.79 Å². The molecule has 0 saturated heterocycles. The highest BCUT2D eigenvalue weighted by Gasteiger charge is 2.20. The van der Waals surface area contributed by atoms with Crippen LogP contribution in [0.1, 0.15) is 34.7 Å². The Bertz CT molecular complexity index is 1190. The molecule has 0 radical (unpaired) electrons. The third-order valence-electron chi connectivity index (χ3n) is 5.19. The highest BCUT2D eigenvalue weighted by Crippen LogP contribution is 2.30. The highest BCUT2D eigenvalue weighted by molar-refractivity contribution is 7.99. The molecule has 0 bridgehead atoms. The van der Waals surface area contributed by atoms with E-state index in [0.717, 1.165) is 33.4 Å². The number of thioether (sulfide) groups is 1. The molecule has 1 atom stereocenters. The van der Waals surface area contributed by atoms with Gasteiger partial charge in [0.2, 0.25) is 0 Å². The smallest absolute Gasteiger partial charge is 0.277 e. The lowest BCUT2D eigenvalue weighted by atomic mass is 10.2. The van der Waals surface area contributed by atoms with Gasteiger partial charge < -0.3 is 18.7 Å². The number of hydrogen-bond acceptors (Lipinski definition) is 6. The van der Waals surface area contributed by atoms with Crippen LogP contribution in [0.25, 0.3) is 22.4 Å². The Labute approximate surface area is 178 Å². The molecule has 156 valence electrons. The van der Waals surface area contributed by atoms with Crippen molar-refractivity contribution in [2.45, 2.75) is 32.0 Å². The van der Waals surface area contributed by atoms with Crippen molar-refractivity contribution in [2.24, 2.45) is 0 Å². The van der Waals surface area contributed by atoms with Gasteiger partial charge >= 0.3 is 0 Å². The summed E-state index contributed by atoms with van der Waals surface area (Å²) in [7, 11) is 1.68. The molecule has 0 aliphatic carbocycles. The SMILES string of the molecule is COC[C@H](C)n1c(C)cc(C(=O)CSc2nnc(-c3c[nH]c4ccccc34)o2)c1C. The summed E-state index contributed by atoms with van der Waals surface area (Å²) in [6.07, 6.45) is 1.85. The van der Waals surface area contributed by atoms with Gasteiger partial charge in [0.1, 0.15) is 0 Å². The van der Waals surface area contributed by atoms with Gasteiger partial charge in [-0.05, 0) is 32.9 Å². The number of rotatable bonds is 8. The number of hydrogen-bond donors (Lipinski definition) is 1. The molecule has 3 aromatic heterocycles. The second-order valence-corrected chi connectivity index (χ2v) is 8.22. The van der Waals surface area contributed by atoms with Gasteiger partial charge in [0.15, 0.2) is 5.78 Å². The van der Waals surface area contributed by atoms with E-state index >= 15 is 0 Å². The number of carbonyl (C=O) groups excluding carboxylic acids is 1. The van der Waals surface area contributed by atoms with E-state index in [2.05, 4.69) is 26.7 Å². The molecule has 8 heteroatoms. The number of nitrogens with one attached hydrogen (secondary N) is 1. The Morgan fingerprint density at radius 2 is 2.10 bits per heavy atom. The van der Waals surface area contributed by atoms with E-state index in [4.69, 9.17) is 9.15 Å². The molecule has 1 aromatic carbocycles. The number of benzene rings is 1. The number of carbonyl (C=O) groups is 1. The average molecular weight is 425 g/mol. The minimum Gasteiger partial charge on any atom is -0.411 e. The van der Waals surface area contributed by atoms with Crippen LogP contribution in [0.5, 0.6) is 0 Å². The predicted octanol–water partition coefficient (Wildman–Crippen LogP) is 4.82. The number of ketones is 1. The van der Waals surface area contributed by atoms with Gasteiger partial charge in [-0.3, -0.25) is 4.79 Å². The van der Waals surface area contributed by atoms with Crippen LogP contribution in [0.15, 0.2) is 46.2 Å². The van der Waals surface area contributed by atoms with Crippen molar-refractivity contribution < 1.29 is 13.9 Å². The molecular formula is C22H24N4O3S. The number of fused-ring (bicyclic) bond motifs is 1. The minimum absolute atomic E-state index is 0.0378. The number of methoxy groups -OCH3 is 1. The van der Waals surface area contributed by atoms with Crippen LogP contribution >= 0.6 is 11.8 Å². The van der Waals surface area contributed by atoms with E-state index in [1.54, 1.807) is 7.11 Å². The number of aromatic nitrogens is 4. The second kappa shape index (κ2) is 8.49. The first-order valence-electron chi connectivity index (χ1n) is 9.73. The van der Waals surface area contributed by atoms with Crippen molar-refractivity contribution in [2.75, 3.05) is 19.5 Å².